The molecule has 0 aliphatic rings. The first kappa shape index (κ1) is 15.4. The summed E-state index contributed by atoms with van der Waals surface area (Å²) in [5.41, 5.74) is 2.51. The number of nitrogens with zero attached hydrogens (tertiary/aromatic N) is 1. The zero-order valence-corrected chi connectivity index (χ0v) is 13.0. The van der Waals surface area contributed by atoms with Gasteiger partial charge in [0.2, 0.25) is 0 Å². The normalized spacial score (nSPS) is 10.2. The summed E-state index contributed by atoms with van der Waals surface area (Å²) < 4.78 is 0. The molecule has 1 amide bonds. The molecule has 2 aromatic rings. The van der Waals surface area contributed by atoms with E-state index in [4.69, 9.17) is 11.6 Å². The lowest BCUT2D eigenvalue weighted by Crippen LogP contribution is -2.27. The van der Waals surface area contributed by atoms with Crippen LogP contribution in [0.25, 0.3) is 0 Å². The second kappa shape index (κ2) is 7.14. The highest BCUT2D eigenvalue weighted by molar-refractivity contribution is 6.31. The van der Waals surface area contributed by atoms with Crippen molar-refractivity contribution in [3.05, 3.63) is 64.7 Å². The number of hydrogen-bond donors (Lipinski definition) is 1. The summed E-state index contributed by atoms with van der Waals surface area (Å²) in [5, 5.41) is 3.76. The van der Waals surface area contributed by atoms with E-state index in [1.165, 1.54) is 0 Å². The summed E-state index contributed by atoms with van der Waals surface area (Å²) in [4.78, 5) is 14.3. The maximum atomic E-state index is 12.6. The average molecular weight is 303 g/mol. The van der Waals surface area contributed by atoms with Crippen LogP contribution in [0.1, 0.15) is 22.8 Å². The molecule has 0 heterocycles. The molecule has 0 aliphatic carbocycles. The number of rotatable bonds is 5. The Bertz CT molecular complexity index is 613. The molecule has 0 spiro atoms. The summed E-state index contributed by atoms with van der Waals surface area (Å²) in [6.07, 6.45) is 0. The summed E-state index contributed by atoms with van der Waals surface area (Å²) in [5.74, 6) is -0.0442. The molecule has 4 heteroatoms. The van der Waals surface area contributed by atoms with Crippen LogP contribution in [-0.4, -0.2) is 24.4 Å². The van der Waals surface area contributed by atoms with Gasteiger partial charge in [-0.2, -0.15) is 0 Å². The Kier molecular flexibility index (Phi) is 5.23. The van der Waals surface area contributed by atoms with Crippen molar-refractivity contribution in [2.24, 2.45) is 0 Å². The van der Waals surface area contributed by atoms with Gasteiger partial charge >= 0.3 is 0 Å². The number of carbonyl (C=O) groups is 1. The predicted octanol–water partition coefficient (Wildman–Crippen LogP) is 4.04. The van der Waals surface area contributed by atoms with Gasteiger partial charge in [0.15, 0.2) is 0 Å². The Morgan fingerprint density at radius 1 is 1.19 bits per heavy atom. The highest BCUT2D eigenvalue weighted by atomic mass is 35.5. The van der Waals surface area contributed by atoms with Gasteiger partial charge < -0.3 is 10.2 Å². The minimum atomic E-state index is -0.0442. The van der Waals surface area contributed by atoms with Gasteiger partial charge in [-0.05, 0) is 30.7 Å². The van der Waals surface area contributed by atoms with Crippen molar-refractivity contribution in [1.29, 1.82) is 0 Å². The van der Waals surface area contributed by atoms with Crippen LogP contribution >= 0.6 is 11.6 Å². The summed E-state index contributed by atoms with van der Waals surface area (Å²) in [6.45, 7) is 3.32. The number of benzene rings is 2. The number of amides is 1. The van der Waals surface area contributed by atoms with Crippen LogP contribution in [0.2, 0.25) is 5.02 Å². The fourth-order valence-corrected chi connectivity index (χ4v) is 2.34. The third-order valence-corrected chi connectivity index (χ3v) is 3.42. The highest BCUT2D eigenvalue weighted by Gasteiger charge is 2.16. The molecule has 0 radical (unpaired) electrons. The van der Waals surface area contributed by atoms with Crippen molar-refractivity contribution in [2.75, 3.05) is 18.9 Å². The molecule has 1 N–H and O–H groups in total. The molecular formula is C17H19ClN2O. The topological polar surface area (TPSA) is 32.3 Å². The van der Waals surface area contributed by atoms with Crippen molar-refractivity contribution >= 4 is 23.2 Å². The molecule has 3 nitrogen and oxygen atoms in total. The van der Waals surface area contributed by atoms with Gasteiger partial charge in [-0.1, -0.05) is 41.9 Å². The van der Waals surface area contributed by atoms with E-state index in [-0.39, 0.29) is 5.91 Å². The fraction of sp³-hybridized carbons (Fsp3) is 0.235. The first-order valence-corrected chi connectivity index (χ1v) is 7.32. The van der Waals surface area contributed by atoms with E-state index in [2.05, 4.69) is 5.32 Å². The van der Waals surface area contributed by atoms with Gasteiger partial charge in [-0.25, -0.2) is 0 Å². The second-order valence-corrected chi connectivity index (χ2v) is 5.30. The summed E-state index contributed by atoms with van der Waals surface area (Å²) in [6, 6.07) is 15.3. The molecule has 0 bridgehead atoms. The Morgan fingerprint density at radius 2 is 1.90 bits per heavy atom. The molecule has 2 aromatic carbocycles. The van der Waals surface area contributed by atoms with Crippen LogP contribution in [0.15, 0.2) is 48.5 Å². The zero-order valence-electron chi connectivity index (χ0n) is 12.3. The second-order valence-electron chi connectivity index (χ2n) is 4.87. The summed E-state index contributed by atoms with van der Waals surface area (Å²) in [7, 11) is 1.80. The van der Waals surface area contributed by atoms with E-state index in [0.717, 1.165) is 17.8 Å². The number of carbonyl (C=O) groups excluding carboxylic acids is 1. The van der Waals surface area contributed by atoms with Gasteiger partial charge in [-0.3, -0.25) is 4.79 Å². The van der Waals surface area contributed by atoms with Gasteiger partial charge in [0.05, 0.1) is 5.56 Å². The lowest BCUT2D eigenvalue weighted by molar-refractivity contribution is 0.0786. The van der Waals surface area contributed by atoms with Crippen LogP contribution in [0.3, 0.4) is 0 Å². The van der Waals surface area contributed by atoms with Crippen LogP contribution < -0.4 is 5.32 Å². The van der Waals surface area contributed by atoms with Crippen LogP contribution in [0.4, 0.5) is 5.69 Å². The minimum Gasteiger partial charge on any atom is -0.385 e. The number of hydrogen-bond acceptors (Lipinski definition) is 2. The Morgan fingerprint density at radius 3 is 2.57 bits per heavy atom. The minimum absolute atomic E-state index is 0.0442. The smallest absolute Gasteiger partial charge is 0.256 e. The van der Waals surface area contributed by atoms with Gasteiger partial charge in [0, 0.05) is 30.8 Å². The third kappa shape index (κ3) is 3.99. The first-order valence-electron chi connectivity index (χ1n) is 6.94. The van der Waals surface area contributed by atoms with E-state index < -0.39 is 0 Å². The zero-order chi connectivity index (χ0) is 15.2. The quantitative estimate of drug-likeness (QED) is 0.904. The molecule has 0 aliphatic heterocycles. The Labute approximate surface area is 130 Å². The average Bonchev–Trinajstić information content (AvgIpc) is 2.49. The lowest BCUT2D eigenvalue weighted by Gasteiger charge is -2.19. The molecule has 110 valence electrons. The van der Waals surface area contributed by atoms with E-state index in [0.29, 0.717) is 17.1 Å². The molecule has 0 saturated heterocycles. The number of anilines is 1. The van der Waals surface area contributed by atoms with Gasteiger partial charge in [0.1, 0.15) is 0 Å². The lowest BCUT2D eigenvalue weighted by atomic mass is 10.1. The Hall–Kier alpha value is -2.00. The van der Waals surface area contributed by atoms with E-state index >= 15 is 0 Å². The maximum Gasteiger partial charge on any atom is 0.256 e. The third-order valence-electron chi connectivity index (χ3n) is 3.19. The maximum absolute atomic E-state index is 12.6. The van der Waals surface area contributed by atoms with Gasteiger partial charge in [-0.15, -0.1) is 0 Å². The van der Waals surface area contributed by atoms with Crippen LogP contribution in [0, 0.1) is 0 Å². The largest absolute Gasteiger partial charge is 0.385 e. The van der Waals surface area contributed by atoms with Crippen molar-refractivity contribution in [2.45, 2.75) is 13.5 Å². The van der Waals surface area contributed by atoms with E-state index in [9.17, 15) is 4.79 Å². The standard InChI is InChI=1S/C17H19ClN2O/c1-3-19-16-10-9-14(18)11-15(16)17(21)20(2)12-13-7-5-4-6-8-13/h4-11,19H,3,12H2,1-2H3. The molecule has 0 atom stereocenters. The molecule has 0 saturated carbocycles. The molecule has 21 heavy (non-hydrogen) atoms. The molecule has 0 aromatic heterocycles. The van der Waals surface area contributed by atoms with Crippen molar-refractivity contribution < 1.29 is 4.79 Å². The Balaban J connectivity index is 2.20. The molecule has 0 unspecified atom stereocenters. The van der Waals surface area contributed by atoms with E-state index in [1.807, 2.05) is 43.3 Å². The van der Waals surface area contributed by atoms with Crippen LogP contribution in [0.5, 0.6) is 0 Å². The predicted molar refractivity (Wildman–Crippen MR) is 87.9 cm³/mol. The van der Waals surface area contributed by atoms with Crippen molar-refractivity contribution in [1.82, 2.24) is 4.90 Å². The molecule has 0 fully saturated rings. The summed E-state index contributed by atoms with van der Waals surface area (Å²) >= 11 is 6.03. The van der Waals surface area contributed by atoms with Crippen LogP contribution in [-0.2, 0) is 6.54 Å². The highest BCUT2D eigenvalue weighted by Crippen LogP contribution is 2.22. The first-order chi connectivity index (χ1) is 10.1. The van der Waals surface area contributed by atoms with Crippen molar-refractivity contribution in [3.63, 3.8) is 0 Å². The number of nitrogens with one attached hydrogen (secondary N) is 1. The molecular weight excluding hydrogens is 284 g/mol. The monoisotopic (exact) mass is 302 g/mol. The SMILES string of the molecule is CCNc1ccc(Cl)cc1C(=O)N(C)Cc1ccccc1. The molecule has 2 rings (SSSR count). The van der Waals surface area contributed by atoms with Crippen molar-refractivity contribution in [3.8, 4) is 0 Å². The van der Waals surface area contributed by atoms with E-state index in [1.54, 1.807) is 24.1 Å². The fourth-order valence-electron chi connectivity index (χ4n) is 2.17. The number of halogens is 1. The van der Waals surface area contributed by atoms with Gasteiger partial charge in [0.25, 0.3) is 5.91 Å².